The number of amides is 3. The number of hydrogen-bond acceptors (Lipinski definition) is 6. The lowest BCUT2D eigenvalue weighted by Crippen LogP contribution is -2.48. The summed E-state index contributed by atoms with van der Waals surface area (Å²) in [4.78, 5) is 40.9. The summed E-state index contributed by atoms with van der Waals surface area (Å²) in [6, 6.07) is 22.5. The second-order valence-corrected chi connectivity index (χ2v) is 8.98. The predicted octanol–water partition coefficient (Wildman–Crippen LogP) is 3.52. The zero-order chi connectivity index (χ0) is 24.6. The number of anilines is 1. The fourth-order valence-corrected chi connectivity index (χ4v) is 4.51. The number of rotatable bonds is 7. The van der Waals surface area contributed by atoms with Crippen molar-refractivity contribution in [2.24, 2.45) is 0 Å². The van der Waals surface area contributed by atoms with Crippen molar-refractivity contribution < 1.29 is 14.4 Å². The van der Waals surface area contributed by atoms with E-state index in [2.05, 4.69) is 20.8 Å². The van der Waals surface area contributed by atoms with Gasteiger partial charge in [0.05, 0.1) is 17.2 Å². The maximum absolute atomic E-state index is 13.5. The topological polar surface area (TPSA) is 110 Å². The molecule has 1 aliphatic heterocycles. The van der Waals surface area contributed by atoms with E-state index in [9.17, 15) is 14.4 Å². The minimum Gasteiger partial charge on any atom is -0.324 e. The molecule has 6 rings (SSSR count). The Kier molecular flexibility index (Phi) is 5.37. The van der Waals surface area contributed by atoms with Gasteiger partial charge in [0.2, 0.25) is 5.91 Å². The van der Waals surface area contributed by atoms with E-state index in [0.717, 1.165) is 28.9 Å². The van der Waals surface area contributed by atoms with Gasteiger partial charge in [-0.15, -0.1) is 5.10 Å². The van der Waals surface area contributed by atoms with Crippen molar-refractivity contribution in [3.05, 3.63) is 95.6 Å². The van der Waals surface area contributed by atoms with Crippen LogP contribution in [0.1, 0.15) is 45.2 Å². The quantitative estimate of drug-likeness (QED) is 0.407. The summed E-state index contributed by atoms with van der Waals surface area (Å²) in [6.45, 7) is 0. The van der Waals surface area contributed by atoms with E-state index in [4.69, 9.17) is 0 Å². The Morgan fingerprint density at radius 1 is 0.889 bits per heavy atom. The fraction of sp³-hybridized carbons (Fsp3) is 0.185. The monoisotopic (exact) mass is 478 g/mol. The van der Waals surface area contributed by atoms with E-state index in [1.165, 1.54) is 0 Å². The van der Waals surface area contributed by atoms with E-state index in [1.54, 1.807) is 36.4 Å². The van der Waals surface area contributed by atoms with Crippen LogP contribution in [0.3, 0.4) is 0 Å². The summed E-state index contributed by atoms with van der Waals surface area (Å²) in [5, 5.41) is 14.9. The summed E-state index contributed by atoms with van der Waals surface area (Å²) in [5.74, 6) is -0.685. The SMILES string of the molecule is O=C(Nc1ccc(-c2nnnn2C2CC2)cc1)C(Cc1ccccc1)N1C(=O)c2ccccc2C1=O. The van der Waals surface area contributed by atoms with Crippen molar-refractivity contribution in [2.45, 2.75) is 31.3 Å². The van der Waals surface area contributed by atoms with Crippen molar-refractivity contribution in [3.8, 4) is 11.4 Å². The van der Waals surface area contributed by atoms with Crippen molar-refractivity contribution in [1.29, 1.82) is 0 Å². The Labute approximate surface area is 206 Å². The molecular weight excluding hydrogens is 456 g/mol. The number of fused-ring (bicyclic) bond motifs is 1. The van der Waals surface area contributed by atoms with Gasteiger partial charge in [-0.05, 0) is 65.2 Å². The highest BCUT2D eigenvalue weighted by Crippen LogP contribution is 2.36. The van der Waals surface area contributed by atoms with Crippen molar-refractivity contribution >= 4 is 23.4 Å². The van der Waals surface area contributed by atoms with Gasteiger partial charge in [0.25, 0.3) is 11.8 Å². The second kappa shape index (κ2) is 8.84. The molecule has 1 aliphatic carbocycles. The fourth-order valence-electron chi connectivity index (χ4n) is 4.51. The summed E-state index contributed by atoms with van der Waals surface area (Å²) in [5.41, 5.74) is 2.85. The molecule has 3 aromatic carbocycles. The highest BCUT2D eigenvalue weighted by atomic mass is 16.2. The van der Waals surface area contributed by atoms with Gasteiger partial charge in [0.15, 0.2) is 5.82 Å². The average Bonchev–Trinajstić information content (AvgIpc) is 3.58. The Morgan fingerprint density at radius 3 is 2.17 bits per heavy atom. The highest BCUT2D eigenvalue weighted by molar-refractivity contribution is 6.23. The van der Waals surface area contributed by atoms with Crippen LogP contribution in [0.15, 0.2) is 78.9 Å². The molecule has 1 atom stereocenters. The molecule has 0 spiro atoms. The number of tetrazole rings is 1. The summed E-state index contributed by atoms with van der Waals surface area (Å²) in [7, 11) is 0. The number of hydrogen-bond donors (Lipinski definition) is 1. The molecule has 2 aliphatic rings. The maximum atomic E-state index is 13.5. The number of nitrogens with zero attached hydrogens (tertiary/aromatic N) is 5. The third-order valence-electron chi connectivity index (χ3n) is 6.51. The van der Waals surface area contributed by atoms with Crippen LogP contribution < -0.4 is 5.32 Å². The number of carbonyl (C=O) groups is 3. The molecule has 1 N–H and O–H groups in total. The minimum atomic E-state index is -1.01. The highest BCUT2D eigenvalue weighted by Gasteiger charge is 2.42. The minimum absolute atomic E-state index is 0.201. The van der Waals surface area contributed by atoms with Gasteiger partial charge in [0, 0.05) is 17.7 Å². The third kappa shape index (κ3) is 3.94. The van der Waals surface area contributed by atoms with Gasteiger partial charge in [-0.25, -0.2) is 4.68 Å². The first-order valence-electron chi connectivity index (χ1n) is 11.8. The third-order valence-corrected chi connectivity index (χ3v) is 6.51. The van der Waals surface area contributed by atoms with E-state index >= 15 is 0 Å². The lowest BCUT2D eigenvalue weighted by molar-refractivity contribution is -0.119. The van der Waals surface area contributed by atoms with Crippen LogP contribution in [-0.4, -0.2) is 48.9 Å². The molecule has 0 bridgehead atoms. The lowest BCUT2D eigenvalue weighted by Gasteiger charge is -2.25. The molecule has 1 unspecified atom stereocenters. The maximum Gasteiger partial charge on any atom is 0.262 e. The summed E-state index contributed by atoms with van der Waals surface area (Å²) >= 11 is 0. The molecular formula is C27H22N6O3. The zero-order valence-corrected chi connectivity index (χ0v) is 19.2. The van der Waals surface area contributed by atoms with Crippen LogP contribution >= 0.6 is 0 Å². The van der Waals surface area contributed by atoms with Crippen molar-refractivity contribution in [2.75, 3.05) is 5.32 Å². The van der Waals surface area contributed by atoms with Crippen LogP contribution in [0.5, 0.6) is 0 Å². The van der Waals surface area contributed by atoms with E-state index < -0.39 is 23.8 Å². The Hall–Kier alpha value is -4.66. The number of nitrogens with one attached hydrogen (secondary N) is 1. The second-order valence-electron chi connectivity index (χ2n) is 8.98. The summed E-state index contributed by atoms with van der Waals surface area (Å²) in [6.07, 6.45) is 2.33. The number of imide groups is 1. The van der Waals surface area contributed by atoms with Crippen molar-refractivity contribution in [3.63, 3.8) is 0 Å². The molecule has 9 heteroatoms. The molecule has 0 radical (unpaired) electrons. The molecule has 178 valence electrons. The van der Waals surface area contributed by atoms with Crippen LogP contribution in [0, 0.1) is 0 Å². The van der Waals surface area contributed by atoms with Gasteiger partial charge in [-0.1, -0.05) is 42.5 Å². The largest absolute Gasteiger partial charge is 0.324 e. The predicted molar refractivity (Wildman–Crippen MR) is 131 cm³/mol. The van der Waals surface area contributed by atoms with Crippen molar-refractivity contribution in [1.82, 2.24) is 25.1 Å². The molecule has 3 amide bonds. The van der Waals surface area contributed by atoms with Gasteiger partial charge in [0.1, 0.15) is 6.04 Å². The van der Waals surface area contributed by atoms with Crippen LogP contribution in [-0.2, 0) is 11.2 Å². The number of benzene rings is 3. The smallest absolute Gasteiger partial charge is 0.262 e. The molecule has 9 nitrogen and oxygen atoms in total. The standard InChI is InChI=1S/C27H22N6O3/c34-25(28-19-12-10-18(11-13-19)24-29-30-31-33(24)20-14-15-20)23(16-17-6-2-1-3-7-17)32-26(35)21-8-4-5-9-22(21)27(32)36/h1-13,20,23H,14-16H2,(H,28,34). The first-order chi connectivity index (χ1) is 17.6. The van der Waals surface area contributed by atoms with E-state index in [0.29, 0.717) is 28.7 Å². The van der Waals surface area contributed by atoms with E-state index in [-0.39, 0.29) is 6.42 Å². The molecule has 1 fully saturated rings. The molecule has 2 heterocycles. The van der Waals surface area contributed by atoms with Crippen LogP contribution in [0.25, 0.3) is 11.4 Å². The van der Waals surface area contributed by atoms with E-state index in [1.807, 2.05) is 47.1 Å². The molecule has 1 aromatic heterocycles. The average molecular weight is 479 g/mol. The van der Waals surface area contributed by atoms with Gasteiger partial charge < -0.3 is 5.32 Å². The van der Waals surface area contributed by atoms with Crippen LogP contribution in [0.2, 0.25) is 0 Å². The number of carbonyl (C=O) groups excluding carboxylic acids is 3. The first kappa shape index (κ1) is 21.8. The normalized spacial score (nSPS) is 15.6. The van der Waals surface area contributed by atoms with Gasteiger partial charge >= 0.3 is 0 Å². The molecule has 36 heavy (non-hydrogen) atoms. The Bertz CT molecular complexity index is 1430. The Morgan fingerprint density at radius 2 is 1.53 bits per heavy atom. The lowest BCUT2D eigenvalue weighted by atomic mass is 10.0. The molecule has 4 aromatic rings. The zero-order valence-electron chi connectivity index (χ0n) is 19.2. The van der Waals surface area contributed by atoms with Gasteiger partial charge in [-0.3, -0.25) is 19.3 Å². The Balaban J connectivity index is 1.26. The summed E-state index contributed by atoms with van der Waals surface area (Å²) < 4.78 is 1.83. The number of aromatic nitrogens is 4. The van der Waals surface area contributed by atoms with Gasteiger partial charge in [-0.2, -0.15) is 0 Å². The molecule has 1 saturated carbocycles. The molecule has 0 saturated heterocycles. The first-order valence-corrected chi connectivity index (χ1v) is 11.8. The van der Waals surface area contributed by atoms with Crippen LogP contribution in [0.4, 0.5) is 5.69 Å².